The van der Waals surface area contributed by atoms with E-state index in [1.807, 2.05) is 6.92 Å². The number of nitrogens with two attached hydrogens (primary N) is 1. The normalized spacial score (nSPS) is 12.2. The van der Waals surface area contributed by atoms with E-state index in [2.05, 4.69) is 10.3 Å². The number of amides is 1. The zero-order valence-corrected chi connectivity index (χ0v) is 11.9. The maximum atomic E-state index is 12.8. The third-order valence-electron chi connectivity index (χ3n) is 2.86. The van der Waals surface area contributed by atoms with Crippen molar-refractivity contribution in [3.63, 3.8) is 0 Å². The zero-order chi connectivity index (χ0) is 14.5. The number of benzene rings is 1. The molecule has 20 heavy (non-hydrogen) atoms. The van der Waals surface area contributed by atoms with Crippen LogP contribution in [0, 0.1) is 5.82 Å². The molecule has 1 atom stereocenters. The van der Waals surface area contributed by atoms with Gasteiger partial charge in [-0.2, -0.15) is 0 Å². The summed E-state index contributed by atoms with van der Waals surface area (Å²) in [6.45, 7) is 2.36. The SMILES string of the molecule is CC(NC(=O)c1csc(CCN)n1)c1ccc(F)cc1. The number of hydrogen-bond donors (Lipinski definition) is 2. The number of hydrogen-bond acceptors (Lipinski definition) is 4. The molecule has 0 spiro atoms. The number of aromatic nitrogens is 1. The predicted octanol–water partition coefficient (Wildman–Crippen LogP) is 2.27. The molecule has 6 heteroatoms. The third-order valence-corrected chi connectivity index (χ3v) is 3.77. The first kappa shape index (κ1) is 14.6. The number of carbonyl (C=O) groups excluding carboxylic acids is 1. The Balaban J connectivity index is 2.01. The van der Waals surface area contributed by atoms with Gasteiger partial charge in [0.05, 0.1) is 11.0 Å². The molecule has 0 fully saturated rings. The molecule has 1 amide bonds. The highest BCUT2D eigenvalue weighted by atomic mass is 32.1. The smallest absolute Gasteiger partial charge is 0.271 e. The molecule has 1 unspecified atom stereocenters. The number of thiazole rings is 1. The van der Waals surface area contributed by atoms with E-state index in [1.165, 1.54) is 23.5 Å². The molecule has 0 saturated heterocycles. The molecule has 106 valence electrons. The second-order valence-electron chi connectivity index (χ2n) is 4.41. The van der Waals surface area contributed by atoms with Crippen LogP contribution in [0.15, 0.2) is 29.6 Å². The summed E-state index contributed by atoms with van der Waals surface area (Å²) in [6, 6.07) is 5.85. The third kappa shape index (κ3) is 3.61. The van der Waals surface area contributed by atoms with Gasteiger partial charge in [0.25, 0.3) is 5.91 Å². The summed E-state index contributed by atoms with van der Waals surface area (Å²) in [6.07, 6.45) is 0.672. The molecule has 4 nitrogen and oxygen atoms in total. The average Bonchev–Trinajstić information content (AvgIpc) is 2.88. The molecular weight excluding hydrogens is 277 g/mol. The molecular formula is C14H16FN3OS. The Labute approximate surface area is 120 Å². The van der Waals surface area contributed by atoms with Crippen LogP contribution in [0.4, 0.5) is 4.39 Å². The van der Waals surface area contributed by atoms with Crippen molar-refractivity contribution in [2.24, 2.45) is 5.73 Å². The van der Waals surface area contributed by atoms with E-state index in [-0.39, 0.29) is 17.8 Å². The van der Waals surface area contributed by atoms with Crippen LogP contribution in [0.2, 0.25) is 0 Å². The summed E-state index contributed by atoms with van der Waals surface area (Å²) in [5.74, 6) is -0.528. The lowest BCUT2D eigenvalue weighted by Gasteiger charge is -2.13. The fourth-order valence-electron chi connectivity index (χ4n) is 1.76. The number of halogens is 1. The molecule has 0 bridgehead atoms. The summed E-state index contributed by atoms with van der Waals surface area (Å²) in [4.78, 5) is 16.3. The Kier molecular flexibility index (Phi) is 4.81. The van der Waals surface area contributed by atoms with Crippen molar-refractivity contribution in [3.05, 3.63) is 51.7 Å². The quantitative estimate of drug-likeness (QED) is 0.888. The van der Waals surface area contributed by atoms with Crippen molar-refractivity contribution < 1.29 is 9.18 Å². The van der Waals surface area contributed by atoms with Crippen LogP contribution >= 0.6 is 11.3 Å². The largest absolute Gasteiger partial charge is 0.344 e. The molecule has 1 heterocycles. The summed E-state index contributed by atoms with van der Waals surface area (Å²) in [5, 5.41) is 5.41. The minimum absolute atomic E-state index is 0.206. The molecule has 2 aromatic rings. The maximum absolute atomic E-state index is 12.8. The Morgan fingerprint density at radius 2 is 2.15 bits per heavy atom. The fraction of sp³-hybridized carbons (Fsp3) is 0.286. The molecule has 1 aromatic carbocycles. The predicted molar refractivity (Wildman–Crippen MR) is 77.2 cm³/mol. The van der Waals surface area contributed by atoms with Crippen molar-refractivity contribution >= 4 is 17.2 Å². The van der Waals surface area contributed by atoms with Gasteiger partial charge in [-0.25, -0.2) is 9.37 Å². The van der Waals surface area contributed by atoms with Crippen molar-refractivity contribution in [1.29, 1.82) is 0 Å². The first-order chi connectivity index (χ1) is 9.60. The zero-order valence-electron chi connectivity index (χ0n) is 11.1. The van der Waals surface area contributed by atoms with Gasteiger partial charge in [-0.05, 0) is 31.2 Å². The topological polar surface area (TPSA) is 68.0 Å². The summed E-state index contributed by atoms with van der Waals surface area (Å²) < 4.78 is 12.8. The molecule has 2 rings (SSSR count). The molecule has 0 aliphatic heterocycles. The summed E-state index contributed by atoms with van der Waals surface area (Å²) >= 11 is 1.43. The van der Waals surface area contributed by atoms with Gasteiger partial charge in [0.2, 0.25) is 0 Å². The van der Waals surface area contributed by atoms with E-state index in [9.17, 15) is 9.18 Å². The summed E-state index contributed by atoms with van der Waals surface area (Å²) in [5.41, 5.74) is 6.69. The number of nitrogens with zero attached hydrogens (tertiary/aromatic N) is 1. The van der Waals surface area contributed by atoms with Gasteiger partial charge in [0, 0.05) is 11.8 Å². The lowest BCUT2D eigenvalue weighted by atomic mass is 10.1. The van der Waals surface area contributed by atoms with E-state index < -0.39 is 0 Å². The van der Waals surface area contributed by atoms with E-state index in [0.29, 0.717) is 18.7 Å². The van der Waals surface area contributed by atoms with Gasteiger partial charge in [-0.1, -0.05) is 12.1 Å². The van der Waals surface area contributed by atoms with Gasteiger partial charge in [-0.15, -0.1) is 11.3 Å². The van der Waals surface area contributed by atoms with Gasteiger partial charge in [0.15, 0.2) is 0 Å². The fourth-order valence-corrected chi connectivity index (χ4v) is 2.55. The Morgan fingerprint density at radius 1 is 1.45 bits per heavy atom. The van der Waals surface area contributed by atoms with Crippen LogP contribution < -0.4 is 11.1 Å². The minimum atomic E-state index is -0.293. The lowest BCUT2D eigenvalue weighted by Crippen LogP contribution is -2.27. The van der Waals surface area contributed by atoms with E-state index >= 15 is 0 Å². The van der Waals surface area contributed by atoms with Crippen molar-refractivity contribution in [2.45, 2.75) is 19.4 Å². The highest BCUT2D eigenvalue weighted by Gasteiger charge is 2.14. The second kappa shape index (κ2) is 6.58. The van der Waals surface area contributed by atoms with Crippen LogP contribution in [-0.2, 0) is 6.42 Å². The van der Waals surface area contributed by atoms with Gasteiger partial charge >= 0.3 is 0 Å². The first-order valence-electron chi connectivity index (χ1n) is 6.31. The van der Waals surface area contributed by atoms with Crippen LogP contribution in [0.1, 0.15) is 34.0 Å². The molecule has 3 N–H and O–H groups in total. The monoisotopic (exact) mass is 293 g/mol. The Hall–Kier alpha value is -1.79. The molecule has 0 radical (unpaired) electrons. The van der Waals surface area contributed by atoms with Gasteiger partial charge in [-0.3, -0.25) is 4.79 Å². The highest BCUT2D eigenvalue weighted by molar-refractivity contribution is 7.09. The lowest BCUT2D eigenvalue weighted by molar-refractivity contribution is 0.0935. The van der Waals surface area contributed by atoms with E-state index in [1.54, 1.807) is 17.5 Å². The summed E-state index contributed by atoms with van der Waals surface area (Å²) in [7, 11) is 0. The second-order valence-corrected chi connectivity index (χ2v) is 5.35. The van der Waals surface area contributed by atoms with E-state index in [0.717, 1.165) is 10.6 Å². The van der Waals surface area contributed by atoms with Crippen LogP contribution in [0.25, 0.3) is 0 Å². The molecule has 0 aliphatic rings. The minimum Gasteiger partial charge on any atom is -0.344 e. The first-order valence-corrected chi connectivity index (χ1v) is 7.19. The standard InChI is InChI=1S/C14H16FN3OS/c1-9(10-2-4-11(15)5-3-10)17-14(19)12-8-20-13(18-12)6-7-16/h2-5,8-9H,6-7,16H2,1H3,(H,17,19). The van der Waals surface area contributed by atoms with Crippen LogP contribution in [-0.4, -0.2) is 17.4 Å². The van der Waals surface area contributed by atoms with Crippen LogP contribution in [0.5, 0.6) is 0 Å². The number of carbonyl (C=O) groups is 1. The highest BCUT2D eigenvalue weighted by Crippen LogP contribution is 2.15. The van der Waals surface area contributed by atoms with Crippen LogP contribution in [0.3, 0.4) is 0 Å². The number of nitrogens with one attached hydrogen (secondary N) is 1. The van der Waals surface area contributed by atoms with Crippen molar-refractivity contribution in [1.82, 2.24) is 10.3 Å². The molecule has 0 saturated carbocycles. The molecule has 1 aromatic heterocycles. The van der Waals surface area contributed by atoms with Gasteiger partial charge < -0.3 is 11.1 Å². The molecule has 0 aliphatic carbocycles. The van der Waals surface area contributed by atoms with E-state index in [4.69, 9.17) is 5.73 Å². The number of rotatable bonds is 5. The average molecular weight is 293 g/mol. The van der Waals surface area contributed by atoms with Gasteiger partial charge in [0.1, 0.15) is 11.5 Å². The van der Waals surface area contributed by atoms with Crippen molar-refractivity contribution in [2.75, 3.05) is 6.54 Å². The Bertz CT molecular complexity index is 582. The van der Waals surface area contributed by atoms with Crippen molar-refractivity contribution in [3.8, 4) is 0 Å². The maximum Gasteiger partial charge on any atom is 0.271 e. The Morgan fingerprint density at radius 3 is 2.80 bits per heavy atom.